The highest BCUT2D eigenvalue weighted by atomic mass is 32.2. The van der Waals surface area contributed by atoms with Crippen LogP contribution in [-0.4, -0.2) is 33.9 Å². The minimum Gasteiger partial charge on any atom is -0.394 e. The van der Waals surface area contributed by atoms with Crippen LogP contribution in [0.4, 0.5) is 14.5 Å². The fourth-order valence-corrected chi connectivity index (χ4v) is 5.94. The summed E-state index contributed by atoms with van der Waals surface area (Å²) in [5.41, 5.74) is 3.00. The molecule has 0 aliphatic carbocycles. The Morgan fingerprint density at radius 3 is 2.48 bits per heavy atom. The molecule has 1 aliphatic rings. The van der Waals surface area contributed by atoms with E-state index in [1.165, 1.54) is 6.92 Å². The minimum atomic E-state index is -4.36. The Labute approximate surface area is 121 Å². The van der Waals surface area contributed by atoms with E-state index >= 15 is 0 Å². The van der Waals surface area contributed by atoms with E-state index in [9.17, 15) is 25.6 Å². The van der Waals surface area contributed by atoms with Crippen molar-refractivity contribution in [2.75, 3.05) is 17.2 Å². The predicted molar refractivity (Wildman–Crippen MR) is 72.8 cm³/mol. The van der Waals surface area contributed by atoms with Crippen LogP contribution in [0, 0.1) is 11.6 Å². The normalized spacial score (nSPS) is 25.1. The maximum Gasteiger partial charge on any atom is 0.244 e. The smallest absolute Gasteiger partial charge is 0.244 e. The van der Waals surface area contributed by atoms with Crippen molar-refractivity contribution in [2.24, 2.45) is 0 Å². The van der Waals surface area contributed by atoms with Gasteiger partial charge in [0, 0.05) is 5.54 Å². The van der Waals surface area contributed by atoms with Gasteiger partial charge in [0.15, 0.2) is 15.7 Å². The summed E-state index contributed by atoms with van der Waals surface area (Å²) in [5, 5.41) is 0. The number of sulfone groups is 1. The molecule has 0 amide bonds. The van der Waals surface area contributed by atoms with Gasteiger partial charge in [0.25, 0.3) is 0 Å². The first-order valence-electron chi connectivity index (χ1n) is 5.94. The van der Waals surface area contributed by atoms with Crippen LogP contribution in [0.1, 0.15) is 13.3 Å². The molecule has 0 spiro atoms. The number of hydrogen-bond donors (Lipinski definition) is 2. The van der Waals surface area contributed by atoms with Gasteiger partial charge in [-0.1, -0.05) is 0 Å². The van der Waals surface area contributed by atoms with E-state index in [-0.39, 0.29) is 17.9 Å². The second-order valence-electron chi connectivity index (χ2n) is 5.28. The molecule has 21 heavy (non-hydrogen) atoms. The van der Waals surface area contributed by atoms with Crippen LogP contribution in [0.15, 0.2) is 17.0 Å². The summed E-state index contributed by atoms with van der Waals surface area (Å²) in [6.45, 7) is 1.42. The third kappa shape index (κ3) is 3.16. The Morgan fingerprint density at radius 1 is 1.33 bits per heavy atom. The van der Waals surface area contributed by atoms with E-state index in [1.54, 1.807) is 0 Å². The van der Waals surface area contributed by atoms with E-state index < -0.39 is 47.6 Å². The Kier molecular flexibility index (Phi) is 3.75. The first kappa shape index (κ1) is 16.1. The van der Waals surface area contributed by atoms with E-state index in [2.05, 4.69) is 4.72 Å². The van der Waals surface area contributed by atoms with Gasteiger partial charge in [-0.15, -0.1) is 0 Å². The largest absolute Gasteiger partial charge is 0.394 e. The zero-order chi connectivity index (χ0) is 16.1. The lowest BCUT2D eigenvalue weighted by Crippen LogP contribution is -2.47. The van der Waals surface area contributed by atoms with E-state index in [1.807, 2.05) is 0 Å². The number of nitrogens with two attached hydrogens (primary N) is 1. The molecule has 0 radical (unpaired) electrons. The first-order chi connectivity index (χ1) is 9.46. The average molecular weight is 340 g/mol. The van der Waals surface area contributed by atoms with E-state index in [4.69, 9.17) is 5.73 Å². The monoisotopic (exact) mass is 340 g/mol. The predicted octanol–water partition coefficient (Wildman–Crippen LogP) is 0.403. The van der Waals surface area contributed by atoms with E-state index in [0.29, 0.717) is 0 Å². The molecule has 1 unspecified atom stereocenters. The summed E-state index contributed by atoms with van der Waals surface area (Å²) in [6, 6.07) is 1.48. The summed E-state index contributed by atoms with van der Waals surface area (Å²) in [6.07, 6.45) is 0.0762. The second kappa shape index (κ2) is 4.89. The minimum absolute atomic E-state index is 0.0762. The molecule has 0 bridgehead atoms. The van der Waals surface area contributed by atoms with Gasteiger partial charge in [-0.25, -0.2) is 30.3 Å². The lowest BCUT2D eigenvalue weighted by Gasteiger charge is -2.23. The molecule has 1 heterocycles. The maximum atomic E-state index is 13.8. The Balaban J connectivity index is 2.39. The Bertz CT molecular complexity index is 793. The van der Waals surface area contributed by atoms with Gasteiger partial charge < -0.3 is 5.73 Å². The number of anilines is 1. The molecule has 6 nitrogen and oxygen atoms in total. The van der Waals surface area contributed by atoms with Crippen molar-refractivity contribution < 1.29 is 25.6 Å². The fraction of sp³-hybridized carbons (Fsp3) is 0.455. The van der Waals surface area contributed by atoms with Crippen LogP contribution in [-0.2, 0) is 19.9 Å². The molecule has 0 aromatic heterocycles. The second-order valence-corrected chi connectivity index (χ2v) is 9.12. The third-order valence-corrected chi connectivity index (χ3v) is 6.82. The number of nitrogens with one attached hydrogen (secondary N) is 1. The summed E-state index contributed by atoms with van der Waals surface area (Å²) in [5.74, 6) is -2.99. The summed E-state index contributed by atoms with van der Waals surface area (Å²) in [7, 11) is -7.70. The van der Waals surface area contributed by atoms with Crippen molar-refractivity contribution in [1.82, 2.24) is 4.72 Å². The van der Waals surface area contributed by atoms with Crippen LogP contribution in [0.3, 0.4) is 0 Å². The van der Waals surface area contributed by atoms with Gasteiger partial charge in [-0.2, -0.15) is 0 Å². The third-order valence-electron chi connectivity index (χ3n) is 3.26. The van der Waals surface area contributed by atoms with Crippen LogP contribution in [0.5, 0.6) is 0 Å². The molecule has 3 N–H and O–H groups in total. The summed E-state index contributed by atoms with van der Waals surface area (Å²) < 4.78 is 76.3. The maximum absolute atomic E-state index is 13.8. The molecule has 1 saturated heterocycles. The highest BCUT2D eigenvalue weighted by Crippen LogP contribution is 2.28. The molecule has 0 saturated carbocycles. The molecule has 2 rings (SSSR count). The highest BCUT2D eigenvalue weighted by Gasteiger charge is 2.42. The number of sulfonamides is 1. The van der Waals surface area contributed by atoms with Crippen LogP contribution >= 0.6 is 0 Å². The van der Waals surface area contributed by atoms with Gasteiger partial charge in [0.1, 0.15) is 16.4 Å². The average Bonchev–Trinajstić information content (AvgIpc) is 2.59. The number of halogens is 2. The zero-order valence-electron chi connectivity index (χ0n) is 11.1. The van der Waals surface area contributed by atoms with Crippen molar-refractivity contribution in [3.8, 4) is 0 Å². The summed E-state index contributed by atoms with van der Waals surface area (Å²) in [4.78, 5) is -0.813. The SMILES string of the molecule is CC1(NS(=O)(=O)c2ccc(F)c(N)c2F)CCS(=O)(=O)C1. The lowest BCUT2D eigenvalue weighted by atomic mass is 10.0. The van der Waals surface area contributed by atoms with Gasteiger partial charge in [-0.05, 0) is 25.5 Å². The molecule has 1 aromatic rings. The topological polar surface area (TPSA) is 106 Å². The van der Waals surface area contributed by atoms with Gasteiger partial charge in [0.05, 0.1) is 11.5 Å². The van der Waals surface area contributed by atoms with Crippen molar-refractivity contribution in [3.05, 3.63) is 23.8 Å². The first-order valence-corrected chi connectivity index (χ1v) is 9.24. The highest BCUT2D eigenvalue weighted by molar-refractivity contribution is 7.92. The number of benzene rings is 1. The van der Waals surface area contributed by atoms with Crippen molar-refractivity contribution in [1.29, 1.82) is 0 Å². The molecule has 1 fully saturated rings. The van der Waals surface area contributed by atoms with Crippen LogP contribution < -0.4 is 10.5 Å². The molecule has 1 aromatic carbocycles. The molecular weight excluding hydrogens is 326 g/mol. The zero-order valence-corrected chi connectivity index (χ0v) is 12.7. The lowest BCUT2D eigenvalue weighted by molar-refractivity contribution is 0.458. The molecular formula is C11H14F2N2O4S2. The molecule has 118 valence electrons. The van der Waals surface area contributed by atoms with Gasteiger partial charge in [-0.3, -0.25) is 0 Å². The number of nitrogen functional groups attached to an aromatic ring is 1. The number of rotatable bonds is 3. The molecule has 10 heteroatoms. The van der Waals surface area contributed by atoms with Crippen molar-refractivity contribution >= 4 is 25.5 Å². The van der Waals surface area contributed by atoms with Gasteiger partial charge in [0.2, 0.25) is 10.0 Å². The van der Waals surface area contributed by atoms with Gasteiger partial charge >= 0.3 is 0 Å². The molecule has 1 atom stereocenters. The fourth-order valence-electron chi connectivity index (χ4n) is 2.23. The van der Waals surface area contributed by atoms with Crippen LogP contribution in [0.2, 0.25) is 0 Å². The summed E-state index contributed by atoms with van der Waals surface area (Å²) >= 11 is 0. The Morgan fingerprint density at radius 2 is 1.95 bits per heavy atom. The van der Waals surface area contributed by atoms with Crippen molar-refractivity contribution in [3.63, 3.8) is 0 Å². The quantitative estimate of drug-likeness (QED) is 0.775. The standard InChI is InChI=1S/C11H14F2N2O4S2/c1-11(4-5-20(16,17)6-11)15-21(18,19)8-3-2-7(12)10(14)9(8)13/h2-3,15H,4-6,14H2,1H3. The number of hydrogen-bond acceptors (Lipinski definition) is 5. The van der Waals surface area contributed by atoms with Crippen molar-refractivity contribution in [2.45, 2.75) is 23.8 Å². The Hall–Kier alpha value is -1.26. The van der Waals surface area contributed by atoms with Crippen LogP contribution in [0.25, 0.3) is 0 Å². The molecule has 1 aliphatic heterocycles. The van der Waals surface area contributed by atoms with E-state index in [0.717, 1.165) is 12.1 Å².